The molecule has 0 bridgehead atoms. The van der Waals surface area contributed by atoms with Crippen LogP contribution in [0.4, 0.5) is 0 Å². The van der Waals surface area contributed by atoms with E-state index in [1.807, 2.05) is 19.1 Å². The number of aliphatic hydroxyl groups is 1. The van der Waals surface area contributed by atoms with Crippen molar-refractivity contribution in [2.45, 2.75) is 44.6 Å². The summed E-state index contributed by atoms with van der Waals surface area (Å²) in [5.74, 6) is 2.14. The van der Waals surface area contributed by atoms with Gasteiger partial charge in [0, 0.05) is 5.92 Å². The normalized spacial score (nSPS) is 29.1. The molecule has 1 aliphatic rings. The Labute approximate surface area is 78.6 Å². The van der Waals surface area contributed by atoms with Crippen LogP contribution in [0, 0.1) is 6.92 Å². The summed E-state index contributed by atoms with van der Waals surface area (Å²) in [5.41, 5.74) is 0. The zero-order chi connectivity index (χ0) is 9.26. The first-order valence-electron chi connectivity index (χ1n) is 5.02. The lowest BCUT2D eigenvalue weighted by molar-refractivity contribution is 0.0961. The van der Waals surface area contributed by atoms with Gasteiger partial charge in [-0.25, -0.2) is 0 Å². The molecule has 0 unspecified atom stereocenters. The average molecular weight is 180 g/mol. The molecule has 2 rings (SSSR count). The smallest absolute Gasteiger partial charge is 0.109 e. The van der Waals surface area contributed by atoms with Crippen LogP contribution < -0.4 is 0 Å². The van der Waals surface area contributed by atoms with Crippen molar-refractivity contribution < 1.29 is 9.52 Å². The summed E-state index contributed by atoms with van der Waals surface area (Å²) in [7, 11) is 0. The maximum Gasteiger partial charge on any atom is 0.109 e. The third-order valence-electron chi connectivity index (χ3n) is 2.86. The van der Waals surface area contributed by atoms with Crippen LogP contribution in [-0.2, 0) is 0 Å². The van der Waals surface area contributed by atoms with Crippen molar-refractivity contribution in [3.63, 3.8) is 0 Å². The van der Waals surface area contributed by atoms with E-state index in [0.29, 0.717) is 0 Å². The molecule has 2 nitrogen and oxygen atoms in total. The van der Waals surface area contributed by atoms with Crippen molar-refractivity contribution in [1.29, 1.82) is 0 Å². The summed E-state index contributed by atoms with van der Waals surface area (Å²) in [5, 5.41) is 9.77. The Bertz CT molecular complexity index is 277. The van der Waals surface area contributed by atoms with E-state index in [-0.39, 0.29) is 12.0 Å². The van der Waals surface area contributed by atoms with Gasteiger partial charge in [-0.15, -0.1) is 0 Å². The molecule has 0 aliphatic heterocycles. The quantitative estimate of drug-likeness (QED) is 0.720. The van der Waals surface area contributed by atoms with Crippen molar-refractivity contribution in [3.05, 3.63) is 23.7 Å². The molecule has 0 saturated heterocycles. The summed E-state index contributed by atoms with van der Waals surface area (Å²) in [6.45, 7) is 1.94. The first kappa shape index (κ1) is 8.82. The fourth-order valence-corrected chi connectivity index (χ4v) is 2.10. The summed E-state index contributed by atoms with van der Waals surface area (Å²) < 4.78 is 5.53. The zero-order valence-corrected chi connectivity index (χ0v) is 7.99. The van der Waals surface area contributed by atoms with Crippen LogP contribution in [0.3, 0.4) is 0 Å². The molecule has 0 aromatic carbocycles. The van der Waals surface area contributed by atoms with Crippen LogP contribution in [0.25, 0.3) is 0 Å². The van der Waals surface area contributed by atoms with Gasteiger partial charge in [-0.1, -0.05) is 12.8 Å². The summed E-state index contributed by atoms with van der Waals surface area (Å²) >= 11 is 0. The molecule has 1 fully saturated rings. The van der Waals surface area contributed by atoms with Crippen LogP contribution in [0.2, 0.25) is 0 Å². The van der Waals surface area contributed by atoms with Gasteiger partial charge in [0.15, 0.2) is 0 Å². The van der Waals surface area contributed by atoms with E-state index in [1.165, 1.54) is 6.42 Å². The predicted octanol–water partition coefficient (Wildman–Crippen LogP) is 2.61. The maximum atomic E-state index is 9.77. The second-order valence-electron chi connectivity index (χ2n) is 3.91. The van der Waals surface area contributed by atoms with E-state index in [0.717, 1.165) is 30.8 Å². The Morgan fingerprint density at radius 3 is 2.69 bits per heavy atom. The molecule has 13 heavy (non-hydrogen) atoms. The molecule has 1 heterocycles. The molecule has 0 radical (unpaired) electrons. The molecule has 1 aliphatic carbocycles. The van der Waals surface area contributed by atoms with Crippen LogP contribution in [0.15, 0.2) is 16.5 Å². The fourth-order valence-electron chi connectivity index (χ4n) is 2.10. The van der Waals surface area contributed by atoms with Gasteiger partial charge in [0.05, 0.1) is 6.10 Å². The first-order chi connectivity index (χ1) is 6.27. The van der Waals surface area contributed by atoms with E-state index < -0.39 is 0 Å². The fraction of sp³-hybridized carbons (Fsp3) is 0.636. The molecule has 2 heteroatoms. The highest BCUT2D eigenvalue weighted by atomic mass is 16.3. The van der Waals surface area contributed by atoms with Gasteiger partial charge in [-0.2, -0.15) is 0 Å². The third kappa shape index (κ3) is 1.78. The van der Waals surface area contributed by atoms with Gasteiger partial charge >= 0.3 is 0 Å². The molecule has 1 aromatic heterocycles. The minimum Gasteiger partial charge on any atom is -0.466 e. The number of aryl methyl sites for hydroxylation is 1. The highest BCUT2D eigenvalue weighted by Crippen LogP contribution is 2.33. The van der Waals surface area contributed by atoms with E-state index in [2.05, 4.69) is 0 Å². The third-order valence-corrected chi connectivity index (χ3v) is 2.86. The lowest BCUT2D eigenvalue weighted by Crippen LogP contribution is -2.21. The predicted molar refractivity (Wildman–Crippen MR) is 50.7 cm³/mol. The topological polar surface area (TPSA) is 33.4 Å². The van der Waals surface area contributed by atoms with Crippen molar-refractivity contribution in [1.82, 2.24) is 0 Å². The Morgan fingerprint density at radius 2 is 2.08 bits per heavy atom. The van der Waals surface area contributed by atoms with E-state index in [9.17, 15) is 5.11 Å². The van der Waals surface area contributed by atoms with Crippen molar-refractivity contribution in [2.24, 2.45) is 0 Å². The molecule has 1 aromatic rings. The van der Waals surface area contributed by atoms with Crippen LogP contribution in [0.1, 0.15) is 43.1 Å². The Hall–Kier alpha value is -0.760. The highest BCUT2D eigenvalue weighted by molar-refractivity contribution is 5.12. The number of hydrogen-bond donors (Lipinski definition) is 1. The number of rotatable bonds is 1. The SMILES string of the molecule is Cc1ccc([C@H]2CCCC[C@@H]2O)o1. The van der Waals surface area contributed by atoms with Gasteiger partial charge in [-0.05, 0) is 31.9 Å². The van der Waals surface area contributed by atoms with E-state index in [1.54, 1.807) is 0 Å². The van der Waals surface area contributed by atoms with Gasteiger partial charge in [-0.3, -0.25) is 0 Å². The summed E-state index contributed by atoms with van der Waals surface area (Å²) in [4.78, 5) is 0. The molecule has 1 N–H and O–H groups in total. The summed E-state index contributed by atoms with van der Waals surface area (Å²) in [6, 6.07) is 3.96. The maximum absolute atomic E-state index is 9.77. The Morgan fingerprint density at radius 1 is 1.31 bits per heavy atom. The number of hydrogen-bond acceptors (Lipinski definition) is 2. The van der Waals surface area contributed by atoms with Crippen molar-refractivity contribution in [2.75, 3.05) is 0 Å². The molecular weight excluding hydrogens is 164 g/mol. The minimum absolute atomic E-state index is 0.195. The van der Waals surface area contributed by atoms with Crippen LogP contribution in [-0.4, -0.2) is 11.2 Å². The zero-order valence-electron chi connectivity index (χ0n) is 7.99. The van der Waals surface area contributed by atoms with Crippen LogP contribution in [0.5, 0.6) is 0 Å². The average Bonchev–Trinajstić information content (AvgIpc) is 2.53. The molecule has 1 saturated carbocycles. The molecule has 2 atom stereocenters. The first-order valence-corrected chi connectivity index (χ1v) is 5.02. The van der Waals surface area contributed by atoms with Gasteiger partial charge in [0.2, 0.25) is 0 Å². The van der Waals surface area contributed by atoms with Crippen molar-refractivity contribution in [3.8, 4) is 0 Å². The Balaban J connectivity index is 2.14. The second kappa shape index (κ2) is 3.54. The number of furan rings is 1. The molecule has 72 valence electrons. The summed E-state index contributed by atoms with van der Waals surface area (Å²) in [6.07, 6.45) is 4.15. The lowest BCUT2D eigenvalue weighted by Gasteiger charge is -2.25. The van der Waals surface area contributed by atoms with Crippen LogP contribution >= 0.6 is 0 Å². The van der Waals surface area contributed by atoms with Gasteiger partial charge in [0.25, 0.3) is 0 Å². The second-order valence-corrected chi connectivity index (χ2v) is 3.91. The standard InChI is InChI=1S/C11H16O2/c1-8-6-7-11(13-8)9-4-2-3-5-10(9)12/h6-7,9-10,12H,2-5H2,1H3/t9-,10-/m0/s1. The van der Waals surface area contributed by atoms with Gasteiger partial charge in [0.1, 0.15) is 11.5 Å². The number of aliphatic hydroxyl groups excluding tert-OH is 1. The highest BCUT2D eigenvalue weighted by Gasteiger charge is 2.26. The molecule has 0 amide bonds. The van der Waals surface area contributed by atoms with Crippen molar-refractivity contribution >= 4 is 0 Å². The minimum atomic E-state index is -0.195. The lowest BCUT2D eigenvalue weighted by atomic mass is 9.85. The van der Waals surface area contributed by atoms with E-state index in [4.69, 9.17) is 4.42 Å². The monoisotopic (exact) mass is 180 g/mol. The molecular formula is C11H16O2. The van der Waals surface area contributed by atoms with Gasteiger partial charge < -0.3 is 9.52 Å². The van der Waals surface area contributed by atoms with E-state index >= 15 is 0 Å². The Kier molecular flexibility index (Phi) is 2.40. The molecule has 0 spiro atoms. The largest absolute Gasteiger partial charge is 0.466 e.